The summed E-state index contributed by atoms with van der Waals surface area (Å²) in [5.74, 6) is 0. The fourth-order valence-electron chi connectivity index (χ4n) is 17.8. The molecule has 2 aliphatic rings. The molecule has 0 amide bonds. The smallest absolute Gasteiger partial charge is 0.0737 e. The van der Waals surface area contributed by atoms with E-state index in [1.165, 1.54) is 131 Å². The fraction of sp³-hybridized carbons (Fsp3) is 0.0385. The van der Waals surface area contributed by atoms with E-state index in [9.17, 15) is 0 Å². The first-order valence-electron chi connectivity index (χ1n) is 37.6. The molecule has 4 heteroatoms. The molecule has 8 bridgehead atoms. The van der Waals surface area contributed by atoms with E-state index in [4.69, 9.17) is 9.97 Å². The van der Waals surface area contributed by atoms with Gasteiger partial charge in [0.2, 0.25) is 0 Å². The van der Waals surface area contributed by atoms with Gasteiger partial charge in [-0.25, -0.2) is 9.97 Å². The van der Waals surface area contributed by atoms with Gasteiger partial charge in [0.15, 0.2) is 0 Å². The molecule has 108 heavy (non-hydrogen) atoms. The van der Waals surface area contributed by atoms with E-state index in [1.807, 2.05) is 0 Å². The average molecular weight is 1380 g/mol. The first-order chi connectivity index (χ1) is 53.5. The Kier molecular flexibility index (Phi) is 15.2. The molecule has 0 spiro atoms. The maximum Gasteiger partial charge on any atom is 0.0737 e. The molecule has 3 aromatic heterocycles. The van der Waals surface area contributed by atoms with Crippen LogP contribution in [-0.2, 0) is 25.7 Å². The van der Waals surface area contributed by atoms with Crippen molar-refractivity contribution in [3.63, 3.8) is 0 Å². The number of aromatic amines is 2. The lowest BCUT2D eigenvalue weighted by Crippen LogP contribution is -1.95. The molecular formula is C104H70N4. The van der Waals surface area contributed by atoms with Gasteiger partial charge in [0.05, 0.1) is 22.8 Å². The number of hydrogen-bond donors (Lipinski definition) is 2. The van der Waals surface area contributed by atoms with Crippen molar-refractivity contribution in [2.45, 2.75) is 25.7 Å². The Morgan fingerprint density at radius 1 is 0.185 bits per heavy atom. The highest BCUT2D eigenvalue weighted by molar-refractivity contribution is 6.08. The number of H-pyrrole nitrogens is 2. The largest absolute Gasteiger partial charge is 0.354 e. The summed E-state index contributed by atoms with van der Waals surface area (Å²) in [7, 11) is 0. The van der Waals surface area contributed by atoms with E-state index >= 15 is 0 Å². The van der Waals surface area contributed by atoms with Crippen LogP contribution in [0.4, 0.5) is 0 Å². The Balaban J connectivity index is 0.810. The number of nitrogens with one attached hydrogen (secondary N) is 2. The second kappa shape index (κ2) is 26.1. The number of aromatic nitrogens is 4. The van der Waals surface area contributed by atoms with E-state index in [1.54, 1.807) is 0 Å². The van der Waals surface area contributed by atoms with Gasteiger partial charge in [0.1, 0.15) is 0 Å². The van der Waals surface area contributed by atoms with Gasteiger partial charge >= 0.3 is 0 Å². The first kappa shape index (κ1) is 62.7. The average Bonchev–Trinajstić information content (AvgIpc) is 1.46. The van der Waals surface area contributed by atoms with E-state index in [0.717, 1.165) is 115 Å². The van der Waals surface area contributed by atoms with Crippen LogP contribution in [-0.4, -0.2) is 19.9 Å². The molecule has 5 heterocycles. The number of rotatable bonds is 12. The Morgan fingerprint density at radius 2 is 0.380 bits per heavy atom. The zero-order chi connectivity index (χ0) is 71.2. The van der Waals surface area contributed by atoms with E-state index in [0.29, 0.717) is 0 Å². The molecule has 506 valence electrons. The van der Waals surface area contributed by atoms with Crippen molar-refractivity contribution in [3.05, 3.63) is 407 Å². The van der Waals surface area contributed by atoms with Gasteiger partial charge in [-0.15, -0.1) is 0 Å². The van der Waals surface area contributed by atoms with Crippen LogP contribution in [0.25, 0.3) is 177 Å². The quantitative estimate of drug-likeness (QED) is 0.120. The molecule has 0 fully saturated rings. The monoisotopic (exact) mass is 1370 g/mol. The predicted molar refractivity (Wildman–Crippen MR) is 458 cm³/mol. The Morgan fingerprint density at radius 3 is 0.583 bits per heavy atom. The van der Waals surface area contributed by atoms with Gasteiger partial charge in [0, 0.05) is 44.3 Å². The summed E-state index contributed by atoms with van der Waals surface area (Å²) in [5.41, 5.74) is 25.7. The minimum Gasteiger partial charge on any atom is -0.354 e. The predicted octanol–water partition coefficient (Wildman–Crippen LogP) is 26.9. The summed E-state index contributed by atoms with van der Waals surface area (Å²) < 4.78 is 0. The number of hydrogen-bond acceptors (Lipinski definition) is 2. The van der Waals surface area contributed by atoms with Crippen LogP contribution in [0.3, 0.4) is 0 Å². The van der Waals surface area contributed by atoms with Crippen LogP contribution >= 0.6 is 0 Å². The second-order valence-corrected chi connectivity index (χ2v) is 29.2. The van der Waals surface area contributed by atoms with Crippen LogP contribution in [0, 0.1) is 0 Å². The highest BCUT2D eigenvalue weighted by Gasteiger charge is 2.23. The van der Waals surface area contributed by atoms with Crippen molar-refractivity contribution in [1.29, 1.82) is 0 Å². The SMILES string of the molecule is C1=Cc2nc1c(-c1cccc(Cc3c4ccccc4cc4ccccc34)c1)c1ccc([nH]1)c(-c1cccc(Cc3c4ccccc4cc4ccccc34)c1)c1nc(c(-c3cccc(Cc4c5ccccc5cc5ccccc45)c3)c3ccc([nH]3)c2-c2cccc(Cc3c4ccccc4cc4ccccc34)c2)C=C1. The van der Waals surface area contributed by atoms with Crippen molar-refractivity contribution in [2.75, 3.05) is 0 Å². The highest BCUT2D eigenvalue weighted by atomic mass is 14.8. The lowest BCUT2D eigenvalue weighted by atomic mass is 9.91. The summed E-state index contributed by atoms with van der Waals surface area (Å²) in [6.45, 7) is 0. The van der Waals surface area contributed by atoms with Crippen LogP contribution in [0.5, 0.6) is 0 Å². The zero-order valence-corrected chi connectivity index (χ0v) is 59.4. The van der Waals surface area contributed by atoms with Gasteiger partial charge in [-0.3, -0.25) is 0 Å². The standard InChI is InChI=1S/C104H70N4/c1-9-37-81-69(25-1)61-70-26-2-10-38-82(70)89(81)57-65-21-17-33-77(53-65)101-93-45-47-95(105-93)102(78-34-18-22-66(54-78)58-90-83-39-11-3-27-71(83)62-72-28-4-12-40-84(72)90)97-49-51-99(107-97)104(80-36-20-24-68(56-80)60-92-87-43-15-7-31-75(87)64-76-32-8-16-44-88(76)92)100-52-50-98(108-100)103(96-48-46-94(101)106-96)79-35-19-23-67(55-79)59-91-85-41-13-5-29-73(85)63-74-30-6-14-42-86(74)91/h1-56,61-64,105,108H,57-60H2. The van der Waals surface area contributed by atoms with Crippen LogP contribution < -0.4 is 0 Å². The molecule has 0 saturated carbocycles. The van der Waals surface area contributed by atoms with Crippen LogP contribution in [0.15, 0.2) is 340 Å². The molecule has 2 N–H and O–H groups in total. The molecule has 0 aliphatic carbocycles. The third kappa shape index (κ3) is 11.2. The topological polar surface area (TPSA) is 57.4 Å². The third-order valence-electron chi connectivity index (χ3n) is 22.7. The summed E-state index contributed by atoms with van der Waals surface area (Å²) in [6, 6.07) is 126. The molecule has 16 aromatic carbocycles. The number of nitrogens with zero attached hydrogens (tertiary/aromatic N) is 2. The van der Waals surface area contributed by atoms with Gasteiger partial charge in [0.25, 0.3) is 0 Å². The van der Waals surface area contributed by atoms with Crippen molar-refractivity contribution >= 4 is 133 Å². The lowest BCUT2D eigenvalue weighted by molar-refractivity contribution is 1.23. The van der Waals surface area contributed by atoms with Gasteiger partial charge < -0.3 is 9.97 Å². The maximum atomic E-state index is 5.93. The van der Waals surface area contributed by atoms with Crippen LogP contribution in [0.2, 0.25) is 0 Å². The zero-order valence-electron chi connectivity index (χ0n) is 59.4. The Bertz CT molecular complexity index is 6140. The van der Waals surface area contributed by atoms with Gasteiger partial charge in [-0.05, 0) is 251 Å². The third-order valence-corrected chi connectivity index (χ3v) is 22.7. The lowest BCUT2D eigenvalue weighted by Gasteiger charge is -2.14. The molecule has 4 nitrogen and oxygen atoms in total. The van der Waals surface area contributed by atoms with E-state index in [2.05, 4.69) is 374 Å². The summed E-state index contributed by atoms with van der Waals surface area (Å²) in [4.78, 5) is 20.2. The summed E-state index contributed by atoms with van der Waals surface area (Å²) >= 11 is 0. The molecule has 0 atom stereocenters. The van der Waals surface area contributed by atoms with Crippen molar-refractivity contribution < 1.29 is 0 Å². The fourth-order valence-corrected chi connectivity index (χ4v) is 17.8. The van der Waals surface area contributed by atoms with Gasteiger partial charge in [-0.1, -0.05) is 291 Å². The van der Waals surface area contributed by atoms with Gasteiger partial charge in [-0.2, -0.15) is 0 Å². The van der Waals surface area contributed by atoms with Crippen molar-refractivity contribution in [2.24, 2.45) is 0 Å². The molecule has 0 saturated heterocycles. The maximum absolute atomic E-state index is 5.93. The molecule has 0 radical (unpaired) electrons. The summed E-state index contributed by atoms with van der Waals surface area (Å²) in [5, 5.41) is 20.1. The molecule has 2 aliphatic heterocycles. The minimum absolute atomic E-state index is 0.745. The van der Waals surface area contributed by atoms with E-state index in [-0.39, 0.29) is 0 Å². The van der Waals surface area contributed by atoms with E-state index < -0.39 is 0 Å². The molecule has 21 rings (SSSR count). The molecule has 19 aromatic rings. The highest BCUT2D eigenvalue weighted by Crippen LogP contribution is 2.43. The second-order valence-electron chi connectivity index (χ2n) is 29.2. The Hall–Kier alpha value is -13.8. The minimum atomic E-state index is 0.745. The number of benzene rings is 16. The normalized spacial score (nSPS) is 12.1. The van der Waals surface area contributed by atoms with Crippen molar-refractivity contribution in [1.82, 2.24) is 19.9 Å². The van der Waals surface area contributed by atoms with Crippen LogP contribution in [0.1, 0.15) is 67.3 Å². The first-order valence-corrected chi connectivity index (χ1v) is 37.6. The summed E-state index contributed by atoms with van der Waals surface area (Å²) in [6.07, 6.45) is 11.9. The number of fused-ring (bicyclic) bond motifs is 16. The molecular weight excluding hydrogens is 1310 g/mol. The molecule has 0 unspecified atom stereocenters. The van der Waals surface area contributed by atoms with Crippen molar-refractivity contribution in [3.8, 4) is 44.5 Å². The Labute approximate surface area is 625 Å².